The summed E-state index contributed by atoms with van der Waals surface area (Å²) >= 11 is 0. The summed E-state index contributed by atoms with van der Waals surface area (Å²) in [6.07, 6.45) is 2.78. The molecule has 1 saturated heterocycles. The van der Waals surface area contributed by atoms with Gasteiger partial charge in [0.15, 0.2) is 11.5 Å². The first kappa shape index (κ1) is 15.6. The van der Waals surface area contributed by atoms with Crippen LogP contribution in [0.5, 0.6) is 11.5 Å². The number of rotatable bonds is 5. The van der Waals surface area contributed by atoms with Crippen LogP contribution < -0.4 is 9.47 Å². The van der Waals surface area contributed by atoms with Crippen molar-refractivity contribution in [3.8, 4) is 11.5 Å². The van der Waals surface area contributed by atoms with Crippen LogP contribution in [0.2, 0.25) is 0 Å². The van der Waals surface area contributed by atoms with E-state index in [0.717, 1.165) is 32.4 Å². The van der Waals surface area contributed by atoms with Crippen molar-refractivity contribution in [3.63, 3.8) is 0 Å². The minimum atomic E-state index is -0.373. The van der Waals surface area contributed by atoms with E-state index in [2.05, 4.69) is 4.90 Å². The van der Waals surface area contributed by atoms with Crippen LogP contribution in [0, 0.1) is 0 Å². The predicted molar refractivity (Wildman–Crippen MR) is 82.3 cm³/mol. The predicted octanol–water partition coefficient (Wildman–Crippen LogP) is 2.49. The number of aliphatic hydroxyl groups excluding tert-OH is 1. The Morgan fingerprint density at radius 2 is 2.18 bits per heavy atom. The lowest BCUT2D eigenvalue weighted by Gasteiger charge is -2.42. The fraction of sp³-hybridized carbons (Fsp3) is 0.647. The third-order valence-corrected chi connectivity index (χ3v) is 4.67. The van der Waals surface area contributed by atoms with Gasteiger partial charge in [-0.15, -0.1) is 0 Å². The molecule has 2 aliphatic rings. The number of alkyl halides is 1. The minimum absolute atomic E-state index is 0.223. The van der Waals surface area contributed by atoms with E-state index in [0.29, 0.717) is 24.5 Å². The van der Waals surface area contributed by atoms with E-state index in [-0.39, 0.29) is 18.8 Å². The van der Waals surface area contributed by atoms with Crippen LogP contribution in [0.15, 0.2) is 12.1 Å². The molecule has 0 unspecified atom stereocenters. The van der Waals surface area contributed by atoms with Crippen molar-refractivity contribution in [2.45, 2.75) is 37.8 Å². The molecule has 1 N–H and O–H groups in total. The molecule has 0 amide bonds. The molecule has 4 nitrogen and oxygen atoms in total. The number of halogens is 1. The van der Waals surface area contributed by atoms with Crippen molar-refractivity contribution in [2.24, 2.45) is 0 Å². The highest BCUT2D eigenvalue weighted by Gasteiger charge is 2.33. The summed E-state index contributed by atoms with van der Waals surface area (Å²) in [4.78, 5) is 2.44. The lowest BCUT2D eigenvalue weighted by molar-refractivity contribution is 0.0359. The summed E-state index contributed by atoms with van der Waals surface area (Å²) in [7, 11) is 1.63. The Hall–Kier alpha value is -1.33. The fourth-order valence-corrected chi connectivity index (χ4v) is 3.50. The van der Waals surface area contributed by atoms with Crippen LogP contribution in [-0.2, 0) is 6.42 Å². The summed E-state index contributed by atoms with van der Waals surface area (Å²) < 4.78 is 23.3. The van der Waals surface area contributed by atoms with Gasteiger partial charge in [0.2, 0.25) is 0 Å². The van der Waals surface area contributed by atoms with Gasteiger partial charge >= 0.3 is 0 Å². The first-order valence-corrected chi connectivity index (χ1v) is 8.04. The van der Waals surface area contributed by atoms with Crippen molar-refractivity contribution < 1.29 is 19.0 Å². The number of benzene rings is 1. The zero-order chi connectivity index (χ0) is 15.5. The standard InChI is InChI=1S/C17H24FNO3/c1-21-16-11-14-12(9-17(16)22-8-2-5-18)3-6-19-7-4-13(20)10-15(14)19/h9,11,13,15,20H,2-8,10H2,1H3/t13-,15-/m1/s1. The van der Waals surface area contributed by atoms with Crippen LogP contribution in [0.25, 0.3) is 0 Å². The topological polar surface area (TPSA) is 41.9 Å². The molecule has 1 fully saturated rings. The molecule has 1 aromatic rings. The highest BCUT2D eigenvalue weighted by molar-refractivity contribution is 5.49. The van der Waals surface area contributed by atoms with E-state index in [9.17, 15) is 9.50 Å². The lowest BCUT2D eigenvalue weighted by atomic mass is 9.85. The molecule has 0 spiro atoms. The van der Waals surface area contributed by atoms with Crippen molar-refractivity contribution >= 4 is 0 Å². The molecule has 2 aliphatic heterocycles. The summed E-state index contributed by atoms with van der Waals surface area (Å²) in [5, 5.41) is 9.98. The summed E-state index contributed by atoms with van der Waals surface area (Å²) in [5.41, 5.74) is 2.49. The van der Waals surface area contributed by atoms with Crippen molar-refractivity contribution in [3.05, 3.63) is 23.3 Å². The second-order valence-corrected chi connectivity index (χ2v) is 6.07. The van der Waals surface area contributed by atoms with Crippen molar-refractivity contribution in [1.82, 2.24) is 4.90 Å². The molecule has 122 valence electrons. The second kappa shape index (κ2) is 6.84. The number of hydrogen-bond acceptors (Lipinski definition) is 4. The van der Waals surface area contributed by atoms with Crippen LogP contribution in [0.3, 0.4) is 0 Å². The van der Waals surface area contributed by atoms with Crippen LogP contribution in [-0.4, -0.2) is 49.6 Å². The van der Waals surface area contributed by atoms with E-state index in [1.54, 1.807) is 7.11 Å². The molecule has 0 aliphatic carbocycles. The van der Waals surface area contributed by atoms with Crippen molar-refractivity contribution in [1.29, 1.82) is 0 Å². The quantitative estimate of drug-likeness (QED) is 0.849. The average Bonchev–Trinajstić information content (AvgIpc) is 2.54. The summed E-state index contributed by atoms with van der Waals surface area (Å²) in [6.45, 7) is 1.95. The average molecular weight is 309 g/mol. The molecule has 0 radical (unpaired) electrons. The van der Waals surface area contributed by atoms with Gasteiger partial charge in [-0.25, -0.2) is 0 Å². The van der Waals surface area contributed by atoms with Gasteiger partial charge in [0.1, 0.15) is 0 Å². The zero-order valence-electron chi connectivity index (χ0n) is 13.1. The number of ether oxygens (including phenoxy) is 2. The molecule has 0 aromatic heterocycles. The number of methoxy groups -OCH3 is 1. The van der Waals surface area contributed by atoms with Crippen LogP contribution in [0.1, 0.15) is 36.4 Å². The maximum Gasteiger partial charge on any atom is 0.161 e. The summed E-state index contributed by atoms with van der Waals surface area (Å²) in [6, 6.07) is 4.33. The Kier molecular flexibility index (Phi) is 4.84. The number of piperidine rings is 1. The first-order valence-electron chi connectivity index (χ1n) is 8.04. The fourth-order valence-electron chi connectivity index (χ4n) is 3.50. The van der Waals surface area contributed by atoms with Crippen LogP contribution in [0.4, 0.5) is 4.39 Å². The molecule has 0 saturated carbocycles. The van der Waals surface area contributed by atoms with E-state index >= 15 is 0 Å². The first-order chi connectivity index (χ1) is 10.7. The molecule has 22 heavy (non-hydrogen) atoms. The normalized spacial score (nSPS) is 24.5. The second-order valence-electron chi connectivity index (χ2n) is 6.07. The highest BCUT2D eigenvalue weighted by Crippen LogP contribution is 2.41. The Bertz CT molecular complexity index is 523. The number of hydrogen-bond donors (Lipinski definition) is 1. The van der Waals surface area contributed by atoms with E-state index in [1.165, 1.54) is 11.1 Å². The number of aliphatic hydroxyl groups is 1. The van der Waals surface area contributed by atoms with Gasteiger partial charge in [0.25, 0.3) is 0 Å². The SMILES string of the molecule is COc1cc2c(cc1OCCCF)CCN1CC[C@@H](O)C[C@H]21. The highest BCUT2D eigenvalue weighted by atomic mass is 19.1. The lowest BCUT2D eigenvalue weighted by Crippen LogP contribution is -2.42. The molecule has 2 atom stereocenters. The molecule has 0 bridgehead atoms. The molecule has 1 aromatic carbocycles. The van der Waals surface area contributed by atoms with Crippen molar-refractivity contribution in [2.75, 3.05) is 33.5 Å². The van der Waals surface area contributed by atoms with Gasteiger partial charge in [-0.2, -0.15) is 0 Å². The number of fused-ring (bicyclic) bond motifs is 3. The van der Waals surface area contributed by atoms with Gasteiger partial charge in [-0.1, -0.05) is 0 Å². The maximum absolute atomic E-state index is 12.2. The van der Waals surface area contributed by atoms with E-state index < -0.39 is 0 Å². The van der Waals surface area contributed by atoms with E-state index in [1.807, 2.05) is 12.1 Å². The monoisotopic (exact) mass is 309 g/mol. The molecule has 2 heterocycles. The zero-order valence-corrected chi connectivity index (χ0v) is 13.1. The molecular formula is C17H24FNO3. The van der Waals surface area contributed by atoms with Gasteiger partial charge in [0, 0.05) is 25.6 Å². The Balaban J connectivity index is 1.87. The smallest absolute Gasteiger partial charge is 0.161 e. The van der Waals surface area contributed by atoms with Gasteiger partial charge in [-0.05, 0) is 42.5 Å². The third kappa shape index (κ3) is 3.06. The Labute approximate surface area is 130 Å². The minimum Gasteiger partial charge on any atom is -0.493 e. The molecular weight excluding hydrogens is 285 g/mol. The van der Waals surface area contributed by atoms with Gasteiger partial charge < -0.3 is 14.6 Å². The molecule has 3 rings (SSSR count). The molecule has 5 heteroatoms. The maximum atomic E-state index is 12.2. The third-order valence-electron chi connectivity index (χ3n) is 4.67. The number of nitrogens with zero attached hydrogens (tertiary/aromatic N) is 1. The Morgan fingerprint density at radius 3 is 2.95 bits per heavy atom. The van der Waals surface area contributed by atoms with Gasteiger partial charge in [0.05, 0.1) is 26.5 Å². The Morgan fingerprint density at radius 1 is 1.32 bits per heavy atom. The van der Waals surface area contributed by atoms with Gasteiger partial charge in [-0.3, -0.25) is 9.29 Å². The summed E-state index contributed by atoms with van der Waals surface area (Å²) in [5.74, 6) is 1.39. The van der Waals surface area contributed by atoms with E-state index in [4.69, 9.17) is 9.47 Å². The van der Waals surface area contributed by atoms with Crippen LogP contribution >= 0.6 is 0 Å². The largest absolute Gasteiger partial charge is 0.493 e.